The van der Waals surface area contributed by atoms with Crippen molar-refractivity contribution in [3.8, 4) is 17.0 Å². The zero-order valence-electron chi connectivity index (χ0n) is 18.4. The quantitative estimate of drug-likeness (QED) is 0.421. The van der Waals surface area contributed by atoms with Gasteiger partial charge < -0.3 is 19.8 Å². The topological polar surface area (TPSA) is 78.5 Å². The summed E-state index contributed by atoms with van der Waals surface area (Å²) < 4.78 is 37.6. The minimum Gasteiger partial charge on any atom is -0.446 e. The van der Waals surface area contributed by atoms with Crippen LogP contribution in [-0.2, 0) is 11.3 Å². The van der Waals surface area contributed by atoms with Gasteiger partial charge in [-0.15, -0.1) is 0 Å². The van der Waals surface area contributed by atoms with Crippen LogP contribution in [0, 0.1) is 11.8 Å². The second-order valence-corrected chi connectivity index (χ2v) is 9.02. The van der Waals surface area contributed by atoms with E-state index in [1.54, 1.807) is 12.1 Å². The molecule has 2 aliphatic carbocycles. The first-order valence-corrected chi connectivity index (χ1v) is 11.3. The predicted octanol–water partition coefficient (Wildman–Crippen LogP) is 6.25. The van der Waals surface area contributed by atoms with E-state index >= 15 is 0 Å². The van der Waals surface area contributed by atoms with Gasteiger partial charge in [-0.05, 0) is 68.7 Å². The molecule has 0 bridgehead atoms. The summed E-state index contributed by atoms with van der Waals surface area (Å²) in [6.07, 6.45) is 3.94. The average molecular weight is 456 g/mol. The number of amides is 1. The number of nitrogens with two attached hydrogens (primary N) is 1. The summed E-state index contributed by atoms with van der Waals surface area (Å²) in [5.41, 5.74) is 10.2. The van der Waals surface area contributed by atoms with E-state index in [4.69, 9.17) is 10.5 Å². The van der Waals surface area contributed by atoms with Gasteiger partial charge in [0.2, 0.25) is 0 Å². The number of alkyl halides is 2. The number of halogens is 2. The van der Waals surface area contributed by atoms with Crippen LogP contribution < -0.4 is 15.8 Å². The third-order valence-corrected chi connectivity index (χ3v) is 6.42. The molecule has 0 aliphatic heterocycles. The highest BCUT2D eigenvalue weighted by molar-refractivity contribution is 6.01. The first-order valence-electron chi connectivity index (χ1n) is 11.3. The van der Waals surface area contributed by atoms with E-state index in [1.165, 1.54) is 6.07 Å². The molecule has 2 aliphatic rings. The predicted molar refractivity (Wildman–Crippen MR) is 123 cm³/mol. The number of aromatic nitrogens is 1. The van der Waals surface area contributed by atoms with Gasteiger partial charge in [0.1, 0.15) is 11.9 Å². The lowest BCUT2D eigenvalue weighted by molar-refractivity contribution is -0.0497. The van der Waals surface area contributed by atoms with Crippen LogP contribution in [0.2, 0.25) is 0 Å². The maximum absolute atomic E-state index is 12.7. The summed E-state index contributed by atoms with van der Waals surface area (Å²) in [7, 11) is 0. The van der Waals surface area contributed by atoms with Crippen molar-refractivity contribution in [1.82, 2.24) is 4.57 Å². The van der Waals surface area contributed by atoms with E-state index in [1.807, 2.05) is 31.2 Å². The largest absolute Gasteiger partial charge is 0.446 e. The van der Waals surface area contributed by atoms with Crippen molar-refractivity contribution in [3.63, 3.8) is 0 Å². The number of carbonyl (C=O) groups excluding carboxylic acids is 1. The van der Waals surface area contributed by atoms with E-state index in [2.05, 4.69) is 14.6 Å². The Labute approximate surface area is 190 Å². The van der Waals surface area contributed by atoms with Crippen LogP contribution in [0.5, 0.6) is 5.75 Å². The molecule has 0 spiro atoms. The number of nitrogen functional groups attached to an aromatic ring is 1. The first kappa shape index (κ1) is 21.6. The Bertz CT molecular complexity index is 1170. The number of carbonyl (C=O) groups is 1. The minimum absolute atomic E-state index is 0.0823. The van der Waals surface area contributed by atoms with Gasteiger partial charge in [-0.25, -0.2) is 4.79 Å². The fraction of sp³-hybridized carbons (Fsp3) is 0.400. The Balaban J connectivity index is 1.43. The monoisotopic (exact) mass is 455 g/mol. The first-order chi connectivity index (χ1) is 15.9. The molecule has 1 aromatic heterocycles. The summed E-state index contributed by atoms with van der Waals surface area (Å²) in [5.74, 6) is 1.13. The number of rotatable bonds is 8. The third kappa shape index (κ3) is 4.74. The van der Waals surface area contributed by atoms with Crippen molar-refractivity contribution in [2.24, 2.45) is 11.8 Å². The molecule has 1 atom stereocenters. The number of ether oxygens (including phenoxy) is 2. The number of nitrogens with zero attached hydrogens (tertiary/aromatic N) is 1. The molecule has 3 aromatic rings. The molecule has 1 unspecified atom stereocenters. The summed E-state index contributed by atoms with van der Waals surface area (Å²) in [5, 5.41) is 3.57. The second-order valence-electron chi connectivity index (χ2n) is 9.02. The van der Waals surface area contributed by atoms with E-state index in [0.29, 0.717) is 23.2 Å². The van der Waals surface area contributed by atoms with Crippen molar-refractivity contribution in [2.45, 2.75) is 51.9 Å². The maximum atomic E-state index is 12.7. The van der Waals surface area contributed by atoms with Crippen LogP contribution in [0.1, 0.15) is 32.6 Å². The van der Waals surface area contributed by atoms with Gasteiger partial charge >= 0.3 is 12.7 Å². The van der Waals surface area contributed by atoms with Crippen LogP contribution in [0.25, 0.3) is 22.2 Å². The maximum Gasteiger partial charge on any atom is 0.411 e. The Morgan fingerprint density at radius 2 is 1.88 bits per heavy atom. The van der Waals surface area contributed by atoms with E-state index in [-0.39, 0.29) is 11.9 Å². The van der Waals surface area contributed by atoms with Gasteiger partial charge in [0, 0.05) is 29.2 Å². The van der Waals surface area contributed by atoms with Crippen LogP contribution in [0.15, 0.2) is 42.5 Å². The third-order valence-electron chi connectivity index (χ3n) is 6.42. The van der Waals surface area contributed by atoms with Crippen molar-refractivity contribution in [1.29, 1.82) is 0 Å². The van der Waals surface area contributed by atoms with Gasteiger partial charge in [0.15, 0.2) is 0 Å². The molecule has 3 N–H and O–H groups in total. The van der Waals surface area contributed by atoms with Crippen LogP contribution >= 0.6 is 0 Å². The molecule has 0 radical (unpaired) electrons. The van der Waals surface area contributed by atoms with Crippen LogP contribution in [0.4, 0.5) is 25.0 Å². The van der Waals surface area contributed by atoms with Gasteiger partial charge in [0.05, 0.1) is 16.9 Å². The van der Waals surface area contributed by atoms with Crippen LogP contribution in [0.3, 0.4) is 0 Å². The number of hydrogen-bond acceptors (Lipinski definition) is 4. The molecule has 2 aromatic carbocycles. The highest BCUT2D eigenvalue weighted by atomic mass is 19.3. The van der Waals surface area contributed by atoms with Crippen molar-refractivity contribution in [2.75, 3.05) is 11.1 Å². The van der Waals surface area contributed by atoms with E-state index < -0.39 is 12.7 Å². The summed E-state index contributed by atoms with van der Waals surface area (Å²) in [6, 6.07) is 12.3. The van der Waals surface area contributed by atoms with E-state index in [9.17, 15) is 13.6 Å². The van der Waals surface area contributed by atoms with Gasteiger partial charge in [-0.3, -0.25) is 5.32 Å². The highest BCUT2D eigenvalue weighted by Gasteiger charge is 2.30. The lowest BCUT2D eigenvalue weighted by atomic mass is 10.1. The summed E-state index contributed by atoms with van der Waals surface area (Å²) in [4.78, 5) is 12.1. The number of fused-ring (bicyclic) bond motifs is 1. The van der Waals surface area contributed by atoms with Gasteiger partial charge in [0.25, 0.3) is 0 Å². The minimum atomic E-state index is -2.88. The molecule has 33 heavy (non-hydrogen) atoms. The number of benzene rings is 2. The molecule has 2 fully saturated rings. The Kier molecular flexibility index (Phi) is 5.60. The molecule has 2 saturated carbocycles. The number of anilines is 2. The molecule has 5 rings (SSSR count). The van der Waals surface area contributed by atoms with E-state index in [0.717, 1.165) is 54.4 Å². The Morgan fingerprint density at radius 1 is 1.15 bits per heavy atom. The van der Waals surface area contributed by atoms with Crippen LogP contribution in [-0.4, -0.2) is 23.4 Å². The molecule has 6 nitrogen and oxygen atoms in total. The zero-order valence-corrected chi connectivity index (χ0v) is 18.4. The summed E-state index contributed by atoms with van der Waals surface area (Å²) in [6.45, 7) is -0.211. The fourth-order valence-electron chi connectivity index (χ4n) is 4.28. The Hall–Kier alpha value is -3.29. The highest BCUT2D eigenvalue weighted by Crippen LogP contribution is 2.41. The van der Waals surface area contributed by atoms with Crippen molar-refractivity contribution < 1.29 is 23.0 Å². The normalized spacial score (nSPS) is 16.7. The summed E-state index contributed by atoms with van der Waals surface area (Å²) >= 11 is 0. The second kappa shape index (κ2) is 8.57. The number of hydrogen-bond donors (Lipinski definition) is 2. The lowest BCUT2D eigenvalue weighted by Crippen LogP contribution is -2.21. The molecule has 1 amide bonds. The van der Waals surface area contributed by atoms with Crippen molar-refractivity contribution in [3.05, 3.63) is 42.5 Å². The molecule has 8 heteroatoms. The zero-order chi connectivity index (χ0) is 23.1. The molecule has 0 saturated heterocycles. The fourth-order valence-corrected chi connectivity index (χ4v) is 4.28. The Morgan fingerprint density at radius 3 is 2.52 bits per heavy atom. The number of nitrogens with one attached hydrogen (secondary N) is 1. The SMILES string of the molecule is CC(OC(=O)Nc1ccc(-c2c(N)c3ccc(OC(F)F)cc3n2CC2CC2)cc1)C1CC1. The average Bonchev–Trinajstić information content (AvgIpc) is 3.67. The molecular formula is C25H27F2N3O3. The molecule has 174 valence electrons. The van der Waals surface area contributed by atoms with Crippen molar-refractivity contribution >= 4 is 28.4 Å². The van der Waals surface area contributed by atoms with Gasteiger partial charge in [-0.1, -0.05) is 12.1 Å². The smallest absolute Gasteiger partial charge is 0.411 e. The standard InChI is InChI=1S/C25H27F2N3O3/c1-14(16-4-5-16)32-25(31)29-18-8-6-17(7-9-18)23-22(28)20-11-10-19(33-24(26)27)12-21(20)30(23)13-15-2-3-15/h6-12,14-16,24H,2-5,13,28H2,1H3,(H,29,31). The lowest BCUT2D eigenvalue weighted by Gasteiger charge is -2.14. The van der Waals surface area contributed by atoms with Gasteiger partial charge in [-0.2, -0.15) is 8.78 Å². The molecule has 1 heterocycles. The molecular weight excluding hydrogens is 428 g/mol.